The molecule has 0 saturated carbocycles. The summed E-state index contributed by atoms with van der Waals surface area (Å²) >= 11 is 2.86. The van der Waals surface area contributed by atoms with Gasteiger partial charge in [0.25, 0.3) is 11.8 Å². The second kappa shape index (κ2) is 10.2. The zero-order chi connectivity index (χ0) is 25.1. The van der Waals surface area contributed by atoms with Gasteiger partial charge in [0.05, 0.1) is 11.4 Å². The van der Waals surface area contributed by atoms with Gasteiger partial charge in [0.2, 0.25) is 0 Å². The number of thiazole rings is 2. The molecule has 0 fully saturated rings. The molecular formula is C28H22N4O2S2. The van der Waals surface area contributed by atoms with Crippen LogP contribution in [0.15, 0.2) is 84.9 Å². The maximum absolute atomic E-state index is 12.8. The third-order valence-corrected chi connectivity index (χ3v) is 7.31. The van der Waals surface area contributed by atoms with Crippen LogP contribution < -0.4 is 10.6 Å². The van der Waals surface area contributed by atoms with E-state index in [0.717, 1.165) is 32.3 Å². The Morgan fingerprint density at radius 1 is 0.583 bits per heavy atom. The Kier molecular flexibility index (Phi) is 6.71. The van der Waals surface area contributed by atoms with Crippen LogP contribution in [0, 0.1) is 13.8 Å². The van der Waals surface area contributed by atoms with Crippen molar-refractivity contribution in [2.75, 3.05) is 10.6 Å². The summed E-state index contributed by atoms with van der Waals surface area (Å²) in [4.78, 5) is 36.8. The summed E-state index contributed by atoms with van der Waals surface area (Å²) in [6, 6.07) is 26.2. The number of hydrogen-bond acceptors (Lipinski definition) is 6. The summed E-state index contributed by atoms with van der Waals surface area (Å²) < 4.78 is 0. The number of nitrogens with one attached hydrogen (secondary N) is 2. The van der Waals surface area contributed by atoms with Crippen molar-refractivity contribution in [2.24, 2.45) is 0 Å². The van der Waals surface area contributed by atoms with Crippen LogP contribution in [0.25, 0.3) is 22.5 Å². The maximum atomic E-state index is 12.8. The molecule has 0 saturated heterocycles. The summed E-state index contributed by atoms with van der Waals surface area (Å²) in [5.41, 5.74) is 4.61. The lowest BCUT2D eigenvalue weighted by molar-refractivity contribution is 0.101. The molecule has 0 unspecified atom stereocenters. The van der Waals surface area contributed by atoms with Crippen LogP contribution >= 0.6 is 22.7 Å². The van der Waals surface area contributed by atoms with E-state index in [1.165, 1.54) is 22.7 Å². The van der Waals surface area contributed by atoms with Crippen LogP contribution in [-0.4, -0.2) is 21.8 Å². The minimum atomic E-state index is -0.279. The fourth-order valence-corrected chi connectivity index (χ4v) is 5.40. The molecule has 8 heteroatoms. The standard InChI is InChI=1S/C28H22N4O2S2/c1-17-23(19-9-5-3-6-10-19)29-27(35-17)31-25(33)21-13-15-22(16-14-21)26(34)32-28-30-24(18(2)36-28)20-11-7-4-8-12-20/h3-16H,1-2H3,(H,29,31,33)(H,30,32,34). The summed E-state index contributed by atoms with van der Waals surface area (Å²) in [6.07, 6.45) is 0. The van der Waals surface area contributed by atoms with Crippen molar-refractivity contribution in [3.63, 3.8) is 0 Å². The number of benzene rings is 3. The van der Waals surface area contributed by atoms with Crippen LogP contribution in [0.5, 0.6) is 0 Å². The van der Waals surface area contributed by atoms with Gasteiger partial charge in [-0.2, -0.15) is 0 Å². The smallest absolute Gasteiger partial charge is 0.257 e. The van der Waals surface area contributed by atoms with E-state index in [4.69, 9.17) is 0 Å². The zero-order valence-electron chi connectivity index (χ0n) is 19.6. The van der Waals surface area contributed by atoms with Gasteiger partial charge >= 0.3 is 0 Å². The molecule has 178 valence electrons. The van der Waals surface area contributed by atoms with Gasteiger partial charge in [0.15, 0.2) is 10.3 Å². The first-order valence-corrected chi connectivity index (χ1v) is 12.9. The van der Waals surface area contributed by atoms with Crippen molar-refractivity contribution < 1.29 is 9.59 Å². The van der Waals surface area contributed by atoms with E-state index < -0.39 is 0 Å². The molecule has 0 aliphatic rings. The third kappa shape index (κ3) is 5.10. The number of aromatic nitrogens is 2. The molecule has 5 rings (SSSR count). The molecule has 3 aromatic carbocycles. The van der Waals surface area contributed by atoms with Crippen LogP contribution in [0.2, 0.25) is 0 Å². The monoisotopic (exact) mass is 510 g/mol. The van der Waals surface area contributed by atoms with E-state index in [0.29, 0.717) is 21.4 Å². The average Bonchev–Trinajstić information content (AvgIpc) is 3.46. The highest BCUT2D eigenvalue weighted by molar-refractivity contribution is 7.16. The van der Waals surface area contributed by atoms with E-state index in [1.54, 1.807) is 24.3 Å². The van der Waals surface area contributed by atoms with Gasteiger partial charge in [-0.05, 0) is 38.1 Å². The number of carbonyl (C=O) groups is 2. The first-order chi connectivity index (χ1) is 17.5. The zero-order valence-corrected chi connectivity index (χ0v) is 21.2. The van der Waals surface area contributed by atoms with E-state index in [-0.39, 0.29) is 11.8 Å². The highest BCUT2D eigenvalue weighted by atomic mass is 32.1. The SMILES string of the molecule is Cc1sc(NC(=O)c2ccc(C(=O)Nc3nc(-c4ccccc4)c(C)s3)cc2)nc1-c1ccccc1. The Morgan fingerprint density at radius 3 is 1.31 bits per heavy atom. The van der Waals surface area contributed by atoms with Crippen LogP contribution in [0.1, 0.15) is 30.5 Å². The Hall–Kier alpha value is -4.14. The molecule has 2 heterocycles. The molecule has 0 atom stereocenters. The van der Waals surface area contributed by atoms with Crippen molar-refractivity contribution in [3.05, 3.63) is 106 Å². The Bertz CT molecular complexity index is 1410. The van der Waals surface area contributed by atoms with Gasteiger partial charge in [-0.3, -0.25) is 20.2 Å². The molecule has 5 aromatic rings. The number of amides is 2. The second-order valence-corrected chi connectivity index (χ2v) is 10.5. The summed E-state index contributed by atoms with van der Waals surface area (Å²) in [7, 11) is 0. The van der Waals surface area contributed by atoms with Crippen molar-refractivity contribution in [3.8, 4) is 22.5 Å². The van der Waals surface area contributed by atoms with Crippen LogP contribution in [-0.2, 0) is 0 Å². The molecule has 2 amide bonds. The van der Waals surface area contributed by atoms with Crippen LogP contribution in [0.4, 0.5) is 10.3 Å². The minimum Gasteiger partial charge on any atom is -0.298 e. The lowest BCUT2D eigenvalue weighted by Gasteiger charge is -2.04. The topological polar surface area (TPSA) is 84.0 Å². The number of rotatable bonds is 6. The highest BCUT2D eigenvalue weighted by Crippen LogP contribution is 2.31. The first kappa shape index (κ1) is 23.6. The lowest BCUT2D eigenvalue weighted by Crippen LogP contribution is -2.14. The molecule has 0 aliphatic heterocycles. The number of nitrogens with zero attached hydrogens (tertiary/aromatic N) is 2. The highest BCUT2D eigenvalue weighted by Gasteiger charge is 2.16. The quantitative estimate of drug-likeness (QED) is 0.256. The van der Waals surface area contributed by atoms with E-state index in [1.807, 2.05) is 74.5 Å². The van der Waals surface area contributed by atoms with Gasteiger partial charge in [-0.15, -0.1) is 22.7 Å². The van der Waals surface area contributed by atoms with Gasteiger partial charge in [0.1, 0.15) is 0 Å². The fraction of sp³-hybridized carbons (Fsp3) is 0.0714. The molecule has 0 bridgehead atoms. The predicted octanol–water partition coefficient (Wildman–Crippen LogP) is 7.06. The van der Waals surface area contributed by atoms with Gasteiger partial charge < -0.3 is 0 Å². The van der Waals surface area contributed by atoms with Gasteiger partial charge in [-0.25, -0.2) is 9.97 Å². The fourth-order valence-electron chi connectivity index (χ4n) is 3.74. The third-order valence-electron chi connectivity index (χ3n) is 5.54. The Labute approximate surface area is 216 Å². The molecule has 0 radical (unpaired) electrons. The first-order valence-electron chi connectivity index (χ1n) is 11.3. The Balaban J connectivity index is 1.25. The molecule has 36 heavy (non-hydrogen) atoms. The van der Waals surface area contributed by atoms with Crippen molar-refractivity contribution in [1.82, 2.24) is 9.97 Å². The van der Waals surface area contributed by atoms with Gasteiger partial charge in [0, 0.05) is 32.0 Å². The number of aryl methyl sites for hydroxylation is 2. The Morgan fingerprint density at radius 2 is 0.944 bits per heavy atom. The molecule has 2 N–H and O–H groups in total. The van der Waals surface area contributed by atoms with E-state index in [9.17, 15) is 9.59 Å². The largest absolute Gasteiger partial charge is 0.298 e. The summed E-state index contributed by atoms with van der Waals surface area (Å²) in [5.74, 6) is -0.559. The summed E-state index contributed by atoms with van der Waals surface area (Å²) in [6.45, 7) is 3.96. The van der Waals surface area contributed by atoms with Crippen molar-refractivity contribution >= 4 is 44.8 Å². The van der Waals surface area contributed by atoms with Gasteiger partial charge in [-0.1, -0.05) is 60.7 Å². The number of anilines is 2. The maximum Gasteiger partial charge on any atom is 0.257 e. The van der Waals surface area contributed by atoms with Crippen molar-refractivity contribution in [2.45, 2.75) is 13.8 Å². The normalized spacial score (nSPS) is 10.7. The molecule has 2 aromatic heterocycles. The summed E-state index contributed by atoms with van der Waals surface area (Å²) in [5, 5.41) is 6.79. The average molecular weight is 511 g/mol. The number of hydrogen-bond donors (Lipinski definition) is 2. The molecule has 0 spiro atoms. The molecule has 6 nitrogen and oxygen atoms in total. The van der Waals surface area contributed by atoms with Crippen LogP contribution in [0.3, 0.4) is 0 Å². The molecule has 0 aliphatic carbocycles. The predicted molar refractivity (Wildman–Crippen MR) is 147 cm³/mol. The lowest BCUT2D eigenvalue weighted by atomic mass is 10.1. The van der Waals surface area contributed by atoms with E-state index >= 15 is 0 Å². The van der Waals surface area contributed by atoms with E-state index in [2.05, 4.69) is 20.6 Å². The second-order valence-electron chi connectivity index (χ2n) is 8.07. The molecular weight excluding hydrogens is 488 g/mol. The number of carbonyl (C=O) groups excluding carboxylic acids is 2. The minimum absolute atomic E-state index is 0.279. The van der Waals surface area contributed by atoms with Crippen molar-refractivity contribution in [1.29, 1.82) is 0 Å².